The Bertz CT molecular complexity index is 631. The molecule has 1 aromatic carbocycles. The van der Waals surface area contributed by atoms with Crippen LogP contribution in [0.5, 0.6) is 0 Å². The second kappa shape index (κ2) is 5.54. The highest BCUT2D eigenvalue weighted by Crippen LogP contribution is 2.26. The normalized spacial score (nSPS) is 10.3. The molecule has 2 rings (SSSR count). The van der Waals surface area contributed by atoms with Crippen LogP contribution >= 0.6 is 27.3 Å². The van der Waals surface area contributed by atoms with E-state index in [1.807, 2.05) is 0 Å². The van der Waals surface area contributed by atoms with Gasteiger partial charge in [0.05, 0.1) is 4.47 Å². The summed E-state index contributed by atoms with van der Waals surface area (Å²) in [7, 11) is 1.69. The number of carbonyl (C=O) groups is 1. The Labute approximate surface area is 121 Å². The van der Waals surface area contributed by atoms with Crippen LogP contribution in [0.25, 0.3) is 0 Å². The second-order valence-corrected chi connectivity index (χ2v) is 5.42. The molecule has 0 atom stereocenters. The fourth-order valence-corrected chi connectivity index (χ4v) is 2.48. The van der Waals surface area contributed by atoms with Crippen LogP contribution in [-0.2, 0) is 0 Å². The van der Waals surface area contributed by atoms with Crippen molar-refractivity contribution in [3.8, 4) is 0 Å². The summed E-state index contributed by atoms with van der Waals surface area (Å²) in [6.07, 6.45) is 0. The molecule has 1 heterocycles. The molecule has 1 amide bonds. The van der Waals surface area contributed by atoms with E-state index < -0.39 is 5.82 Å². The van der Waals surface area contributed by atoms with Gasteiger partial charge in [0.15, 0.2) is 5.13 Å². The number of nitrogen functional groups attached to an aromatic ring is 1. The highest BCUT2D eigenvalue weighted by molar-refractivity contribution is 9.10. The number of amides is 1. The summed E-state index contributed by atoms with van der Waals surface area (Å²) in [6.45, 7) is 0. The van der Waals surface area contributed by atoms with E-state index in [-0.39, 0.29) is 16.2 Å². The number of nitrogens with zero attached hydrogens (tertiary/aromatic N) is 1. The van der Waals surface area contributed by atoms with Crippen molar-refractivity contribution >= 4 is 49.8 Å². The largest absolute Gasteiger partial charge is 0.382 e. The van der Waals surface area contributed by atoms with E-state index in [0.29, 0.717) is 15.7 Å². The van der Waals surface area contributed by atoms with Gasteiger partial charge in [-0.1, -0.05) is 11.3 Å². The van der Waals surface area contributed by atoms with Crippen LogP contribution < -0.4 is 16.4 Å². The summed E-state index contributed by atoms with van der Waals surface area (Å²) in [5.74, 6) is -0.615. The van der Waals surface area contributed by atoms with Crippen molar-refractivity contribution in [1.82, 2.24) is 4.98 Å². The maximum Gasteiger partial charge on any atom is 0.269 e. The zero-order valence-corrected chi connectivity index (χ0v) is 12.2. The Morgan fingerprint density at radius 1 is 1.53 bits per heavy atom. The number of hydrogen-bond acceptors (Lipinski definition) is 5. The molecule has 2 aromatic rings. The molecule has 19 heavy (non-hydrogen) atoms. The smallest absolute Gasteiger partial charge is 0.269 e. The zero-order chi connectivity index (χ0) is 14.0. The molecule has 0 aliphatic rings. The molecule has 0 aliphatic heterocycles. The topological polar surface area (TPSA) is 80.0 Å². The maximum absolute atomic E-state index is 13.1. The van der Waals surface area contributed by atoms with Crippen molar-refractivity contribution in [3.05, 3.63) is 33.4 Å². The van der Waals surface area contributed by atoms with Crippen molar-refractivity contribution < 1.29 is 9.18 Å². The van der Waals surface area contributed by atoms with Gasteiger partial charge >= 0.3 is 0 Å². The lowest BCUT2D eigenvalue weighted by molar-refractivity contribution is 0.103. The summed E-state index contributed by atoms with van der Waals surface area (Å²) in [6, 6.07) is 4.20. The number of thiazole rings is 1. The number of nitrogens with two attached hydrogens (primary N) is 1. The van der Waals surface area contributed by atoms with Gasteiger partial charge in [-0.05, 0) is 34.1 Å². The van der Waals surface area contributed by atoms with Gasteiger partial charge in [-0.15, -0.1) is 0 Å². The number of carbonyl (C=O) groups excluding carboxylic acids is 1. The average molecular weight is 345 g/mol. The van der Waals surface area contributed by atoms with E-state index in [1.165, 1.54) is 18.2 Å². The molecule has 0 saturated carbocycles. The number of hydrogen-bond donors (Lipinski definition) is 3. The Hall–Kier alpha value is -1.67. The fraction of sp³-hybridized carbons (Fsp3) is 0.0909. The van der Waals surface area contributed by atoms with Crippen LogP contribution in [0.2, 0.25) is 0 Å². The third kappa shape index (κ3) is 3.02. The van der Waals surface area contributed by atoms with E-state index >= 15 is 0 Å². The molecular weight excluding hydrogens is 335 g/mol. The Morgan fingerprint density at radius 3 is 2.84 bits per heavy atom. The predicted molar refractivity (Wildman–Crippen MR) is 78.1 cm³/mol. The zero-order valence-electron chi connectivity index (χ0n) is 9.83. The molecule has 0 radical (unpaired) electrons. The van der Waals surface area contributed by atoms with Crippen LogP contribution in [0.3, 0.4) is 0 Å². The predicted octanol–water partition coefficient (Wildman–Crippen LogP) is 2.92. The molecular formula is C11H10BrFN4OS. The monoisotopic (exact) mass is 344 g/mol. The lowest BCUT2D eigenvalue weighted by Gasteiger charge is -2.04. The molecule has 4 N–H and O–H groups in total. The van der Waals surface area contributed by atoms with Gasteiger partial charge in [0.1, 0.15) is 16.5 Å². The van der Waals surface area contributed by atoms with Gasteiger partial charge in [0, 0.05) is 12.7 Å². The summed E-state index contributed by atoms with van der Waals surface area (Å²) < 4.78 is 13.4. The SMILES string of the molecule is CNc1nc(N)c(C(=O)Nc2ccc(F)c(Br)c2)s1. The van der Waals surface area contributed by atoms with Crippen molar-refractivity contribution in [2.75, 3.05) is 23.4 Å². The molecule has 0 aliphatic carbocycles. The van der Waals surface area contributed by atoms with Crippen molar-refractivity contribution in [3.63, 3.8) is 0 Å². The number of rotatable bonds is 3. The molecule has 0 fully saturated rings. The average Bonchev–Trinajstić information content (AvgIpc) is 2.75. The van der Waals surface area contributed by atoms with Gasteiger partial charge in [0.2, 0.25) is 0 Å². The van der Waals surface area contributed by atoms with E-state index in [1.54, 1.807) is 7.05 Å². The van der Waals surface area contributed by atoms with Crippen LogP contribution in [0.4, 0.5) is 21.0 Å². The quantitative estimate of drug-likeness (QED) is 0.799. The molecule has 0 unspecified atom stereocenters. The highest BCUT2D eigenvalue weighted by atomic mass is 79.9. The first kappa shape index (κ1) is 13.8. The minimum absolute atomic E-state index is 0.160. The summed E-state index contributed by atoms with van der Waals surface area (Å²) in [5.41, 5.74) is 6.12. The van der Waals surface area contributed by atoms with E-state index in [0.717, 1.165) is 11.3 Å². The van der Waals surface area contributed by atoms with Gasteiger partial charge in [0.25, 0.3) is 5.91 Å². The van der Waals surface area contributed by atoms with Gasteiger partial charge in [-0.2, -0.15) is 0 Å². The second-order valence-electron chi connectivity index (χ2n) is 3.57. The standard InChI is InChI=1S/C11H10BrFN4OS/c1-15-11-17-9(14)8(19-11)10(18)16-5-2-3-7(13)6(12)4-5/h2-4H,14H2,1H3,(H,15,17)(H,16,18). The summed E-state index contributed by atoms with van der Waals surface area (Å²) >= 11 is 4.20. The van der Waals surface area contributed by atoms with Crippen LogP contribution in [0.1, 0.15) is 9.67 Å². The van der Waals surface area contributed by atoms with Crippen molar-refractivity contribution in [2.45, 2.75) is 0 Å². The molecule has 8 heteroatoms. The number of halogens is 2. The first-order valence-electron chi connectivity index (χ1n) is 5.21. The molecule has 5 nitrogen and oxygen atoms in total. The number of aromatic nitrogens is 1. The molecule has 1 aromatic heterocycles. The fourth-order valence-electron chi connectivity index (χ4n) is 1.36. The van der Waals surface area contributed by atoms with Crippen LogP contribution in [-0.4, -0.2) is 17.9 Å². The third-order valence-corrected chi connectivity index (χ3v) is 3.95. The van der Waals surface area contributed by atoms with E-state index in [9.17, 15) is 9.18 Å². The minimum Gasteiger partial charge on any atom is -0.382 e. The van der Waals surface area contributed by atoms with Gasteiger partial charge in [-0.3, -0.25) is 4.79 Å². The van der Waals surface area contributed by atoms with Crippen molar-refractivity contribution in [1.29, 1.82) is 0 Å². The van der Waals surface area contributed by atoms with Crippen molar-refractivity contribution in [2.24, 2.45) is 0 Å². The maximum atomic E-state index is 13.1. The Balaban J connectivity index is 2.20. The van der Waals surface area contributed by atoms with Crippen LogP contribution in [0.15, 0.2) is 22.7 Å². The molecule has 0 spiro atoms. The van der Waals surface area contributed by atoms with E-state index in [4.69, 9.17) is 5.73 Å². The third-order valence-electron chi connectivity index (χ3n) is 2.25. The first-order chi connectivity index (χ1) is 9.01. The minimum atomic E-state index is -0.396. The lowest BCUT2D eigenvalue weighted by Crippen LogP contribution is -2.12. The number of benzene rings is 1. The molecule has 100 valence electrons. The Morgan fingerprint density at radius 2 is 2.26 bits per heavy atom. The van der Waals surface area contributed by atoms with Crippen LogP contribution in [0, 0.1) is 5.82 Å². The lowest BCUT2D eigenvalue weighted by atomic mass is 10.3. The Kier molecular flexibility index (Phi) is 4.01. The number of nitrogens with one attached hydrogen (secondary N) is 2. The van der Waals surface area contributed by atoms with Gasteiger partial charge in [-0.25, -0.2) is 9.37 Å². The molecule has 0 bridgehead atoms. The van der Waals surface area contributed by atoms with E-state index in [2.05, 4.69) is 31.5 Å². The van der Waals surface area contributed by atoms with Gasteiger partial charge < -0.3 is 16.4 Å². The molecule has 0 saturated heterocycles. The summed E-state index contributed by atoms with van der Waals surface area (Å²) in [5, 5.41) is 6.00. The first-order valence-corrected chi connectivity index (χ1v) is 6.82. The number of anilines is 3. The summed E-state index contributed by atoms with van der Waals surface area (Å²) in [4.78, 5) is 16.3. The highest BCUT2D eigenvalue weighted by Gasteiger charge is 2.16.